The molecule has 0 radical (unpaired) electrons. The van der Waals surface area contributed by atoms with Crippen LogP contribution in [0.1, 0.15) is 41.9 Å². The van der Waals surface area contributed by atoms with Crippen molar-refractivity contribution in [2.75, 3.05) is 43.5 Å². The summed E-state index contributed by atoms with van der Waals surface area (Å²) in [4.78, 5) is 29.8. The zero-order valence-corrected chi connectivity index (χ0v) is 20.9. The number of hydrogen-bond donors (Lipinski definition) is 1. The SMILES string of the molecule is Nn1c(CCCCN2CCN(c3ccc4ccccc4n3)CC2)nc2sc3c(c2c1=O)CCCC3. The molecule has 0 spiro atoms. The Balaban J connectivity index is 1.02. The van der Waals surface area contributed by atoms with E-state index < -0.39 is 0 Å². The molecular weight excluding hydrogens is 456 g/mol. The van der Waals surface area contributed by atoms with Crippen LogP contribution in [0, 0.1) is 0 Å². The molecule has 1 aliphatic carbocycles. The summed E-state index contributed by atoms with van der Waals surface area (Å²) in [6, 6.07) is 12.6. The molecule has 0 unspecified atom stereocenters. The van der Waals surface area contributed by atoms with Gasteiger partial charge in [-0.15, -0.1) is 11.3 Å². The molecule has 2 N–H and O–H groups in total. The van der Waals surface area contributed by atoms with Gasteiger partial charge in [0.2, 0.25) is 0 Å². The molecule has 6 rings (SSSR count). The predicted molar refractivity (Wildman–Crippen MR) is 144 cm³/mol. The van der Waals surface area contributed by atoms with Crippen LogP contribution in [-0.2, 0) is 19.3 Å². The molecule has 7 nitrogen and oxygen atoms in total. The van der Waals surface area contributed by atoms with Gasteiger partial charge in [-0.3, -0.25) is 9.69 Å². The number of fused-ring (bicyclic) bond motifs is 4. The minimum atomic E-state index is -0.0668. The standard InChI is InChI=1S/C27H32N6OS/c28-33-24(30-26-25(27(33)34)20-8-2-4-10-22(20)35-26)11-5-6-14-31-15-17-32(18-16-31)23-13-12-19-7-1-3-9-21(19)29-23/h1,3,7,9,12-13H,2,4-6,8,10-11,14-18,28H2. The highest BCUT2D eigenvalue weighted by Gasteiger charge is 2.22. The van der Waals surface area contributed by atoms with Crippen molar-refractivity contribution in [1.82, 2.24) is 19.5 Å². The number of nitrogens with two attached hydrogens (primary N) is 1. The van der Waals surface area contributed by atoms with Crippen LogP contribution in [0.4, 0.5) is 5.82 Å². The summed E-state index contributed by atoms with van der Waals surface area (Å²) in [7, 11) is 0. The quantitative estimate of drug-likeness (QED) is 0.329. The molecule has 0 bridgehead atoms. The Labute approximate surface area is 209 Å². The van der Waals surface area contributed by atoms with Gasteiger partial charge in [-0.05, 0) is 68.8 Å². The number of nitrogen functional groups attached to an aromatic ring is 1. The van der Waals surface area contributed by atoms with Crippen LogP contribution < -0.4 is 16.3 Å². The average Bonchev–Trinajstić information content (AvgIpc) is 3.28. The van der Waals surface area contributed by atoms with Crippen molar-refractivity contribution >= 4 is 38.3 Å². The number of unbranched alkanes of at least 4 members (excludes halogenated alkanes) is 1. The third-order valence-corrected chi connectivity index (χ3v) is 8.68. The molecule has 35 heavy (non-hydrogen) atoms. The second-order valence-corrected chi connectivity index (χ2v) is 10.8. The van der Waals surface area contributed by atoms with Gasteiger partial charge in [0.25, 0.3) is 5.56 Å². The highest BCUT2D eigenvalue weighted by Crippen LogP contribution is 2.33. The van der Waals surface area contributed by atoms with Crippen molar-refractivity contribution in [3.8, 4) is 0 Å². The Morgan fingerprint density at radius 3 is 2.66 bits per heavy atom. The minimum Gasteiger partial charge on any atom is -0.354 e. The summed E-state index contributed by atoms with van der Waals surface area (Å²) in [5, 5.41) is 1.96. The van der Waals surface area contributed by atoms with E-state index >= 15 is 0 Å². The van der Waals surface area contributed by atoms with E-state index in [1.54, 1.807) is 11.3 Å². The van der Waals surface area contributed by atoms with Gasteiger partial charge in [0.1, 0.15) is 16.5 Å². The van der Waals surface area contributed by atoms with Crippen molar-refractivity contribution in [2.45, 2.75) is 44.9 Å². The van der Waals surface area contributed by atoms with Crippen LogP contribution >= 0.6 is 11.3 Å². The van der Waals surface area contributed by atoms with Crippen LogP contribution in [0.15, 0.2) is 41.2 Å². The van der Waals surface area contributed by atoms with Crippen molar-refractivity contribution < 1.29 is 0 Å². The second kappa shape index (κ2) is 9.59. The van der Waals surface area contributed by atoms with Crippen molar-refractivity contribution in [3.05, 3.63) is 63.0 Å². The van der Waals surface area contributed by atoms with Gasteiger partial charge in [-0.25, -0.2) is 14.6 Å². The molecule has 1 aliphatic heterocycles. The molecule has 8 heteroatoms. The Morgan fingerprint density at radius 2 is 1.77 bits per heavy atom. The number of aryl methyl sites for hydroxylation is 3. The van der Waals surface area contributed by atoms with E-state index in [-0.39, 0.29) is 5.56 Å². The Morgan fingerprint density at radius 1 is 0.943 bits per heavy atom. The lowest BCUT2D eigenvalue weighted by Gasteiger charge is -2.35. The van der Waals surface area contributed by atoms with E-state index in [0.29, 0.717) is 5.82 Å². The number of para-hydroxylation sites is 1. The van der Waals surface area contributed by atoms with Gasteiger partial charge in [-0.2, -0.15) is 0 Å². The maximum Gasteiger partial charge on any atom is 0.280 e. The van der Waals surface area contributed by atoms with Gasteiger partial charge >= 0.3 is 0 Å². The molecule has 1 saturated heterocycles. The van der Waals surface area contributed by atoms with Crippen molar-refractivity contribution in [1.29, 1.82) is 0 Å². The zero-order chi connectivity index (χ0) is 23.8. The molecular formula is C27H32N6OS. The minimum absolute atomic E-state index is 0.0668. The number of thiophene rings is 1. The number of rotatable bonds is 6. The van der Waals surface area contributed by atoms with Crippen molar-refractivity contribution in [3.63, 3.8) is 0 Å². The Hall–Kier alpha value is -2.97. The van der Waals surface area contributed by atoms with Crippen LogP contribution in [0.5, 0.6) is 0 Å². The number of piperazine rings is 1. The lowest BCUT2D eigenvalue weighted by Crippen LogP contribution is -2.46. The van der Waals surface area contributed by atoms with E-state index in [4.69, 9.17) is 15.8 Å². The van der Waals surface area contributed by atoms with Gasteiger partial charge in [-0.1, -0.05) is 18.2 Å². The highest BCUT2D eigenvalue weighted by atomic mass is 32.1. The van der Waals surface area contributed by atoms with E-state index in [2.05, 4.69) is 40.1 Å². The topological polar surface area (TPSA) is 80.3 Å². The van der Waals surface area contributed by atoms with Crippen molar-refractivity contribution in [2.24, 2.45) is 0 Å². The maximum absolute atomic E-state index is 13.0. The molecule has 2 aliphatic rings. The molecule has 0 saturated carbocycles. The second-order valence-electron chi connectivity index (χ2n) is 9.74. The third kappa shape index (κ3) is 4.41. The first kappa shape index (κ1) is 22.5. The molecule has 0 atom stereocenters. The summed E-state index contributed by atoms with van der Waals surface area (Å²) in [6.07, 6.45) is 7.20. The Bertz CT molecular complexity index is 1420. The molecule has 182 valence electrons. The zero-order valence-electron chi connectivity index (χ0n) is 20.1. The van der Waals surface area contributed by atoms with Crippen LogP contribution in [0.25, 0.3) is 21.1 Å². The summed E-state index contributed by atoms with van der Waals surface area (Å²) in [5.41, 5.74) is 2.20. The lowest BCUT2D eigenvalue weighted by molar-refractivity contribution is 0.252. The average molecular weight is 489 g/mol. The van der Waals surface area contributed by atoms with Crippen LogP contribution in [-0.4, -0.2) is 52.3 Å². The largest absolute Gasteiger partial charge is 0.354 e. The fourth-order valence-corrected chi connectivity index (χ4v) is 6.76. The lowest BCUT2D eigenvalue weighted by atomic mass is 9.97. The molecule has 4 heterocycles. The molecule has 1 aromatic carbocycles. The monoisotopic (exact) mass is 488 g/mol. The maximum atomic E-state index is 13.0. The number of benzene rings is 1. The fourth-order valence-electron chi connectivity index (χ4n) is 5.49. The number of pyridine rings is 1. The number of aromatic nitrogens is 3. The van der Waals surface area contributed by atoms with E-state index in [0.717, 1.165) is 92.8 Å². The summed E-state index contributed by atoms with van der Waals surface area (Å²) >= 11 is 1.70. The summed E-state index contributed by atoms with van der Waals surface area (Å²) < 4.78 is 1.30. The highest BCUT2D eigenvalue weighted by molar-refractivity contribution is 7.18. The third-order valence-electron chi connectivity index (χ3n) is 7.50. The molecule has 3 aromatic heterocycles. The van der Waals surface area contributed by atoms with E-state index in [9.17, 15) is 4.79 Å². The van der Waals surface area contributed by atoms with Gasteiger partial charge in [0.05, 0.1) is 10.9 Å². The summed E-state index contributed by atoms with van der Waals surface area (Å²) in [5.74, 6) is 7.98. The van der Waals surface area contributed by atoms with Gasteiger partial charge in [0.15, 0.2) is 0 Å². The van der Waals surface area contributed by atoms with Gasteiger partial charge < -0.3 is 10.7 Å². The molecule has 1 fully saturated rings. The summed E-state index contributed by atoms with van der Waals surface area (Å²) in [6.45, 7) is 5.13. The number of nitrogens with zero attached hydrogens (tertiary/aromatic N) is 5. The Kier molecular flexibility index (Phi) is 6.16. The first-order valence-electron chi connectivity index (χ1n) is 12.8. The normalized spacial score (nSPS) is 16.7. The fraction of sp³-hybridized carbons (Fsp3) is 0.444. The predicted octanol–water partition coefficient (Wildman–Crippen LogP) is 3.74. The number of anilines is 1. The van der Waals surface area contributed by atoms with E-state index in [1.165, 1.54) is 26.9 Å². The van der Waals surface area contributed by atoms with E-state index in [1.807, 2.05) is 6.07 Å². The van der Waals surface area contributed by atoms with Crippen LogP contribution in [0.3, 0.4) is 0 Å². The first-order chi connectivity index (χ1) is 17.2. The number of hydrogen-bond acceptors (Lipinski definition) is 7. The smallest absolute Gasteiger partial charge is 0.280 e. The molecule has 4 aromatic rings. The van der Waals surface area contributed by atoms with Gasteiger partial charge in [0, 0.05) is 42.9 Å². The molecule has 0 amide bonds. The first-order valence-corrected chi connectivity index (χ1v) is 13.6. The van der Waals surface area contributed by atoms with Crippen LogP contribution in [0.2, 0.25) is 0 Å².